The van der Waals surface area contributed by atoms with Crippen molar-refractivity contribution in [1.29, 1.82) is 0 Å². The zero-order valence-electron chi connectivity index (χ0n) is 15.9. The monoisotopic (exact) mass is 414 g/mol. The molecule has 5 nitrogen and oxygen atoms in total. The standard InChI is InChI=1S/C22H17F3N2O3/c1-2-15-7-10-18(11-8-15)26-14-16-5-3-4-6-20(16)30-21-12-9-17(22(23,24)25)13-19(21)27(28)29/h3-14H,2H2,1H3. The molecule has 0 aliphatic rings. The Kier molecular flexibility index (Phi) is 6.15. The van der Waals surface area contributed by atoms with Gasteiger partial charge in [0, 0.05) is 17.8 Å². The molecule has 0 spiro atoms. The zero-order valence-corrected chi connectivity index (χ0v) is 15.9. The Morgan fingerprint density at radius 1 is 1.03 bits per heavy atom. The second kappa shape index (κ2) is 8.77. The largest absolute Gasteiger partial charge is 0.449 e. The molecule has 0 aliphatic heterocycles. The molecule has 0 saturated heterocycles. The van der Waals surface area contributed by atoms with Crippen LogP contribution in [0.5, 0.6) is 11.5 Å². The number of benzene rings is 3. The number of aliphatic imine (C=N–C) groups is 1. The Bertz CT molecular complexity index is 1080. The summed E-state index contributed by atoms with van der Waals surface area (Å²) >= 11 is 0. The highest BCUT2D eigenvalue weighted by atomic mass is 19.4. The first-order valence-corrected chi connectivity index (χ1v) is 9.03. The molecule has 0 amide bonds. The number of hydrogen-bond donors (Lipinski definition) is 0. The van der Waals surface area contributed by atoms with Gasteiger partial charge in [-0.05, 0) is 48.4 Å². The van der Waals surface area contributed by atoms with Crippen molar-refractivity contribution in [2.45, 2.75) is 19.5 Å². The zero-order chi connectivity index (χ0) is 21.7. The van der Waals surface area contributed by atoms with Gasteiger partial charge in [-0.1, -0.05) is 31.2 Å². The molecule has 8 heteroatoms. The third-order valence-electron chi connectivity index (χ3n) is 4.32. The van der Waals surface area contributed by atoms with Gasteiger partial charge in [-0.15, -0.1) is 0 Å². The molecule has 3 aromatic rings. The average molecular weight is 414 g/mol. The van der Waals surface area contributed by atoms with Crippen LogP contribution in [-0.4, -0.2) is 11.1 Å². The van der Waals surface area contributed by atoms with Crippen molar-refractivity contribution >= 4 is 17.6 Å². The lowest BCUT2D eigenvalue weighted by molar-refractivity contribution is -0.385. The molecule has 0 atom stereocenters. The van der Waals surface area contributed by atoms with Crippen LogP contribution in [0.15, 0.2) is 71.7 Å². The molecular formula is C22H17F3N2O3. The topological polar surface area (TPSA) is 64.7 Å². The van der Waals surface area contributed by atoms with Gasteiger partial charge in [-0.2, -0.15) is 13.2 Å². The van der Waals surface area contributed by atoms with Gasteiger partial charge >= 0.3 is 11.9 Å². The maximum absolute atomic E-state index is 12.9. The normalized spacial score (nSPS) is 11.6. The molecule has 0 unspecified atom stereocenters. The van der Waals surface area contributed by atoms with Crippen molar-refractivity contribution in [1.82, 2.24) is 0 Å². The van der Waals surface area contributed by atoms with Gasteiger partial charge in [0.05, 0.1) is 16.2 Å². The molecule has 0 bridgehead atoms. The first-order valence-electron chi connectivity index (χ1n) is 9.03. The van der Waals surface area contributed by atoms with Crippen molar-refractivity contribution in [2.75, 3.05) is 0 Å². The van der Waals surface area contributed by atoms with E-state index in [2.05, 4.69) is 4.99 Å². The van der Waals surface area contributed by atoms with E-state index in [0.717, 1.165) is 18.6 Å². The summed E-state index contributed by atoms with van der Waals surface area (Å²) in [6, 6.07) is 16.4. The van der Waals surface area contributed by atoms with E-state index < -0.39 is 22.4 Å². The fraction of sp³-hybridized carbons (Fsp3) is 0.136. The predicted molar refractivity (Wildman–Crippen MR) is 108 cm³/mol. The van der Waals surface area contributed by atoms with E-state index in [-0.39, 0.29) is 11.5 Å². The van der Waals surface area contributed by atoms with Crippen LogP contribution in [0.2, 0.25) is 0 Å². The van der Waals surface area contributed by atoms with Crippen LogP contribution in [0.4, 0.5) is 24.5 Å². The van der Waals surface area contributed by atoms with Gasteiger partial charge in [0.1, 0.15) is 5.75 Å². The molecule has 154 valence electrons. The van der Waals surface area contributed by atoms with E-state index in [1.165, 1.54) is 11.8 Å². The van der Waals surface area contributed by atoms with Crippen molar-refractivity contribution in [3.63, 3.8) is 0 Å². The van der Waals surface area contributed by atoms with Crippen LogP contribution in [-0.2, 0) is 12.6 Å². The third kappa shape index (κ3) is 5.02. The summed E-state index contributed by atoms with van der Waals surface area (Å²) < 4.78 is 44.2. The average Bonchev–Trinajstić information content (AvgIpc) is 2.73. The van der Waals surface area contributed by atoms with E-state index in [4.69, 9.17) is 4.74 Å². The van der Waals surface area contributed by atoms with Crippen molar-refractivity contribution in [3.8, 4) is 11.5 Å². The fourth-order valence-corrected chi connectivity index (χ4v) is 2.68. The number of nitrogens with zero attached hydrogens (tertiary/aromatic N) is 2. The van der Waals surface area contributed by atoms with Crippen molar-refractivity contribution in [2.24, 2.45) is 4.99 Å². The van der Waals surface area contributed by atoms with Gasteiger partial charge in [0.2, 0.25) is 5.75 Å². The van der Waals surface area contributed by atoms with Gasteiger partial charge < -0.3 is 4.74 Å². The SMILES string of the molecule is CCc1ccc(N=Cc2ccccc2Oc2ccc(C(F)(F)F)cc2[N+](=O)[O-])cc1. The summed E-state index contributed by atoms with van der Waals surface area (Å²) in [7, 11) is 0. The van der Waals surface area contributed by atoms with Gasteiger partial charge in [-0.25, -0.2) is 0 Å². The highest BCUT2D eigenvalue weighted by molar-refractivity contribution is 5.85. The molecule has 0 N–H and O–H groups in total. The maximum Gasteiger partial charge on any atom is 0.416 e. The number of aryl methyl sites for hydroxylation is 1. The van der Waals surface area contributed by atoms with Gasteiger partial charge in [0.15, 0.2) is 0 Å². The van der Waals surface area contributed by atoms with Crippen molar-refractivity contribution in [3.05, 3.63) is 93.5 Å². The highest BCUT2D eigenvalue weighted by Gasteiger charge is 2.33. The fourth-order valence-electron chi connectivity index (χ4n) is 2.68. The second-order valence-electron chi connectivity index (χ2n) is 6.36. The van der Waals surface area contributed by atoms with E-state index in [9.17, 15) is 23.3 Å². The van der Waals surface area contributed by atoms with Crippen LogP contribution in [0.1, 0.15) is 23.6 Å². The summed E-state index contributed by atoms with van der Waals surface area (Å²) in [5, 5.41) is 11.3. The summed E-state index contributed by atoms with van der Waals surface area (Å²) in [6.45, 7) is 2.05. The summed E-state index contributed by atoms with van der Waals surface area (Å²) in [6.07, 6.45) is -2.25. The molecule has 0 aromatic heterocycles. The Hall–Kier alpha value is -3.68. The lowest BCUT2D eigenvalue weighted by Crippen LogP contribution is -2.06. The predicted octanol–water partition coefficient (Wildman–Crippen LogP) is 6.72. The lowest BCUT2D eigenvalue weighted by atomic mass is 10.1. The minimum absolute atomic E-state index is 0.231. The minimum atomic E-state index is -4.69. The highest BCUT2D eigenvalue weighted by Crippen LogP contribution is 2.38. The Balaban J connectivity index is 1.91. The number of nitro benzene ring substituents is 1. The quantitative estimate of drug-likeness (QED) is 0.255. The summed E-state index contributed by atoms with van der Waals surface area (Å²) in [5.41, 5.74) is 0.514. The van der Waals surface area contributed by atoms with Crippen LogP contribution >= 0.6 is 0 Å². The summed E-state index contributed by atoms with van der Waals surface area (Å²) in [5.74, 6) is -0.0598. The van der Waals surface area contributed by atoms with Crippen LogP contribution in [0, 0.1) is 10.1 Å². The number of halogens is 3. The molecule has 0 heterocycles. The summed E-state index contributed by atoms with van der Waals surface area (Å²) in [4.78, 5) is 14.7. The van der Waals surface area contributed by atoms with Crippen LogP contribution in [0.25, 0.3) is 0 Å². The number of ether oxygens (including phenoxy) is 1. The number of hydrogen-bond acceptors (Lipinski definition) is 4. The third-order valence-corrected chi connectivity index (χ3v) is 4.32. The Morgan fingerprint density at radius 2 is 1.73 bits per heavy atom. The van der Waals surface area contributed by atoms with Gasteiger partial charge in [-0.3, -0.25) is 15.1 Å². The maximum atomic E-state index is 12.9. The first-order chi connectivity index (χ1) is 14.3. The number of para-hydroxylation sites is 1. The Morgan fingerprint density at radius 3 is 2.37 bits per heavy atom. The van der Waals surface area contributed by atoms with E-state index in [1.807, 2.05) is 31.2 Å². The van der Waals surface area contributed by atoms with Crippen LogP contribution in [0.3, 0.4) is 0 Å². The molecule has 0 aliphatic carbocycles. The number of nitro groups is 1. The van der Waals surface area contributed by atoms with Crippen molar-refractivity contribution < 1.29 is 22.8 Å². The molecule has 3 rings (SSSR count). The molecular weight excluding hydrogens is 397 g/mol. The van der Waals surface area contributed by atoms with E-state index in [1.54, 1.807) is 24.3 Å². The number of rotatable bonds is 6. The molecule has 0 fully saturated rings. The molecule has 3 aromatic carbocycles. The van der Waals surface area contributed by atoms with E-state index in [0.29, 0.717) is 17.3 Å². The van der Waals surface area contributed by atoms with Gasteiger partial charge in [0.25, 0.3) is 0 Å². The lowest BCUT2D eigenvalue weighted by Gasteiger charge is -2.11. The van der Waals surface area contributed by atoms with E-state index >= 15 is 0 Å². The molecule has 0 saturated carbocycles. The minimum Gasteiger partial charge on any atom is -0.449 e. The second-order valence-corrected chi connectivity index (χ2v) is 6.36. The molecule has 0 radical (unpaired) electrons. The van der Waals surface area contributed by atoms with Crippen LogP contribution < -0.4 is 4.74 Å². The first kappa shape index (κ1) is 21.0. The smallest absolute Gasteiger partial charge is 0.416 e. The molecule has 30 heavy (non-hydrogen) atoms. The number of alkyl halides is 3. The Labute approximate surface area is 170 Å².